The summed E-state index contributed by atoms with van der Waals surface area (Å²) in [5.41, 5.74) is 1.18. The summed E-state index contributed by atoms with van der Waals surface area (Å²) in [6.45, 7) is 7.65. The largest absolute Gasteiger partial charge is 0.487 e. The molecule has 0 unspecified atom stereocenters. The second-order valence-electron chi connectivity index (χ2n) is 4.47. The molecule has 2 nitrogen and oxygen atoms in total. The number of benzene rings is 1. The molecule has 0 saturated heterocycles. The van der Waals surface area contributed by atoms with E-state index < -0.39 is 5.60 Å². The molecule has 0 bridgehead atoms. The first kappa shape index (κ1) is 13.8. The topological polar surface area (TPSA) is 26.3 Å². The highest BCUT2D eigenvalue weighted by molar-refractivity contribution is 6.23. The monoisotopic (exact) mass is 252 g/mol. The fourth-order valence-corrected chi connectivity index (χ4v) is 1.60. The van der Waals surface area contributed by atoms with E-state index in [4.69, 9.17) is 16.3 Å². The van der Waals surface area contributed by atoms with Crippen molar-refractivity contribution in [2.24, 2.45) is 0 Å². The van der Waals surface area contributed by atoms with Crippen molar-refractivity contribution in [3.05, 3.63) is 36.4 Å². The fraction of sp³-hybridized carbons (Fsp3) is 0.357. The summed E-state index contributed by atoms with van der Waals surface area (Å²) >= 11 is 5.78. The lowest BCUT2D eigenvalue weighted by molar-refractivity contribution is -0.110. The number of para-hydroxylation sites is 1. The highest BCUT2D eigenvalue weighted by Crippen LogP contribution is 2.29. The molecule has 0 amide bonds. The van der Waals surface area contributed by atoms with Crippen LogP contribution < -0.4 is 4.74 Å². The first-order valence-corrected chi connectivity index (χ1v) is 5.99. The number of hydrogen-bond donors (Lipinski definition) is 0. The highest BCUT2D eigenvalue weighted by atomic mass is 35.5. The molecule has 1 aromatic rings. The molecule has 0 fully saturated rings. The number of hydrogen-bond acceptors (Lipinski definition) is 2. The third-order valence-corrected chi connectivity index (χ3v) is 2.71. The number of alkyl halides is 1. The Kier molecular flexibility index (Phi) is 4.76. The molecular formula is C14H17ClO2. The van der Waals surface area contributed by atoms with Crippen molar-refractivity contribution in [2.75, 3.05) is 5.88 Å². The van der Waals surface area contributed by atoms with Crippen molar-refractivity contribution in [3.63, 3.8) is 0 Å². The van der Waals surface area contributed by atoms with Crippen LogP contribution in [0.3, 0.4) is 0 Å². The number of allylic oxidation sites excluding steroid dienone is 1. The van der Waals surface area contributed by atoms with Crippen LogP contribution in [0.15, 0.2) is 30.8 Å². The molecule has 1 rings (SSSR count). The van der Waals surface area contributed by atoms with Gasteiger partial charge in [0.1, 0.15) is 17.6 Å². The summed E-state index contributed by atoms with van der Waals surface area (Å²) in [7, 11) is 0. The molecule has 0 spiro atoms. The van der Waals surface area contributed by atoms with Crippen molar-refractivity contribution >= 4 is 23.5 Å². The standard InChI is InChI=1S/C14H17ClO2/c1-11(10-15)12-6-4-5-7-13(12)17-14(2,3)8-9-16/h4-7,9H,1,8,10H2,2-3H3. The van der Waals surface area contributed by atoms with Gasteiger partial charge in [0.25, 0.3) is 0 Å². The van der Waals surface area contributed by atoms with Crippen LogP contribution in [0.5, 0.6) is 5.75 Å². The van der Waals surface area contributed by atoms with Crippen LogP contribution in [0.1, 0.15) is 25.8 Å². The molecule has 0 aliphatic heterocycles. The van der Waals surface area contributed by atoms with Gasteiger partial charge in [-0.25, -0.2) is 0 Å². The van der Waals surface area contributed by atoms with Gasteiger partial charge in [0.15, 0.2) is 0 Å². The minimum Gasteiger partial charge on any atom is -0.487 e. The van der Waals surface area contributed by atoms with Gasteiger partial charge in [-0.1, -0.05) is 24.8 Å². The zero-order valence-corrected chi connectivity index (χ0v) is 11.0. The van der Waals surface area contributed by atoms with Gasteiger partial charge in [0.2, 0.25) is 0 Å². The highest BCUT2D eigenvalue weighted by Gasteiger charge is 2.20. The quantitative estimate of drug-likeness (QED) is 0.570. The van der Waals surface area contributed by atoms with Crippen molar-refractivity contribution < 1.29 is 9.53 Å². The Morgan fingerprint density at radius 3 is 2.71 bits per heavy atom. The normalized spacial score (nSPS) is 11.0. The molecule has 0 saturated carbocycles. The number of halogens is 1. The first-order chi connectivity index (χ1) is 8.00. The van der Waals surface area contributed by atoms with E-state index in [1.54, 1.807) is 0 Å². The van der Waals surface area contributed by atoms with Crippen LogP contribution in [0, 0.1) is 0 Å². The van der Waals surface area contributed by atoms with Crippen LogP contribution in [-0.2, 0) is 4.79 Å². The van der Waals surface area contributed by atoms with E-state index in [2.05, 4.69) is 6.58 Å². The predicted octanol–water partition coefficient (Wildman–Crippen LogP) is 3.69. The molecule has 3 heteroatoms. The lowest BCUT2D eigenvalue weighted by Crippen LogP contribution is -2.28. The second-order valence-corrected chi connectivity index (χ2v) is 4.73. The summed E-state index contributed by atoms with van der Waals surface area (Å²) in [5, 5.41) is 0. The van der Waals surface area contributed by atoms with Gasteiger partial charge < -0.3 is 9.53 Å². The van der Waals surface area contributed by atoms with Crippen molar-refractivity contribution in [3.8, 4) is 5.75 Å². The zero-order valence-electron chi connectivity index (χ0n) is 10.2. The molecule has 0 heterocycles. The summed E-state index contributed by atoms with van der Waals surface area (Å²) < 4.78 is 5.85. The van der Waals surface area contributed by atoms with Crippen LogP contribution in [0.25, 0.3) is 5.57 Å². The molecule has 1 aromatic carbocycles. The Bertz CT molecular complexity index is 410. The van der Waals surface area contributed by atoms with E-state index >= 15 is 0 Å². The zero-order chi connectivity index (χ0) is 12.9. The summed E-state index contributed by atoms with van der Waals surface area (Å²) in [6.07, 6.45) is 1.20. The molecule has 0 aromatic heterocycles. The molecule has 0 aliphatic rings. The van der Waals surface area contributed by atoms with Gasteiger partial charge in [0, 0.05) is 17.9 Å². The van der Waals surface area contributed by atoms with E-state index in [0.29, 0.717) is 18.1 Å². The van der Waals surface area contributed by atoms with Gasteiger partial charge in [-0.3, -0.25) is 0 Å². The molecule has 0 N–H and O–H groups in total. The van der Waals surface area contributed by atoms with E-state index in [-0.39, 0.29) is 0 Å². The van der Waals surface area contributed by atoms with Crippen LogP contribution in [0.4, 0.5) is 0 Å². The van der Waals surface area contributed by atoms with E-state index in [1.807, 2.05) is 38.1 Å². The minimum atomic E-state index is -0.523. The second kappa shape index (κ2) is 5.87. The maximum atomic E-state index is 10.6. The van der Waals surface area contributed by atoms with Gasteiger partial charge in [0.05, 0.1) is 0 Å². The Morgan fingerprint density at radius 2 is 2.12 bits per heavy atom. The van der Waals surface area contributed by atoms with Crippen molar-refractivity contribution in [2.45, 2.75) is 25.9 Å². The van der Waals surface area contributed by atoms with E-state index in [0.717, 1.165) is 17.4 Å². The summed E-state index contributed by atoms with van der Waals surface area (Å²) in [4.78, 5) is 10.6. The van der Waals surface area contributed by atoms with Crippen molar-refractivity contribution in [1.29, 1.82) is 0 Å². The average Bonchev–Trinajstić information content (AvgIpc) is 2.28. The molecule has 0 radical (unpaired) electrons. The lowest BCUT2D eigenvalue weighted by atomic mass is 10.0. The van der Waals surface area contributed by atoms with Gasteiger partial charge in [-0.05, 0) is 25.5 Å². The average molecular weight is 253 g/mol. The van der Waals surface area contributed by atoms with E-state index in [9.17, 15) is 4.79 Å². The van der Waals surface area contributed by atoms with Gasteiger partial charge in [-0.15, -0.1) is 11.6 Å². The molecule has 92 valence electrons. The molecule has 0 aliphatic carbocycles. The molecule has 0 atom stereocenters. The number of ether oxygens (including phenoxy) is 1. The van der Waals surface area contributed by atoms with Crippen LogP contribution in [-0.4, -0.2) is 17.8 Å². The van der Waals surface area contributed by atoms with Crippen LogP contribution >= 0.6 is 11.6 Å². The maximum absolute atomic E-state index is 10.6. The number of carbonyl (C=O) groups excluding carboxylic acids is 1. The summed E-state index contributed by atoms with van der Waals surface area (Å²) in [5.74, 6) is 1.07. The predicted molar refractivity (Wildman–Crippen MR) is 71.6 cm³/mol. The maximum Gasteiger partial charge on any atom is 0.127 e. The minimum absolute atomic E-state index is 0.342. The Hall–Kier alpha value is -1.28. The van der Waals surface area contributed by atoms with Gasteiger partial charge >= 0.3 is 0 Å². The van der Waals surface area contributed by atoms with E-state index in [1.165, 1.54) is 0 Å². The first-order valence-electron chi connectivity index (χ1n) is 5.46. The summed E-state index contributed by atoms with van der Waals surface area (Å²) in [6, 6.07) is 7.57. The Morgan fingerprint density at radius 1 is 1.47 bits per heavy atom. The smallest absolute Gasteiger partial charge is 0.127 e. The SMILES string of the molecule is C=C(CCl)c1ccccc1OC(C)(C)CC=O. The molecule has 17 heavy (non-hydrogen) atoms. The van der Waals surface area contributed by atoms with Crippen molar-refractivity contribution in [1.82, 2.24) is 0 Å². The number of aldehydes is 1. The lowest BCUT2D eigenvalue weighted by Gasteiger charge is -2.26. The number of rotatable bonds is 6. The Balaban J connectivity index is 2.98. The third-order valence-electron chi connectivity index (χ3n) is 2.39. The Labute approximate surface area is 107 Å². The third kappa shape index (κ3) is 3.90. The van der Waals surface area contributed by atoms with Crippen LogP contribution in [0.2, 0.25) is 0 Å². The fourth-order valence-electron chi connectivity index (χ4n) is 1.46. The van der Waals surface area contributed by atoms with Gasteiger partial charge in [-0.2, -0.15) is 0 Å². The molecular weight excluding hydrogens is 236 g/mol. The number of carbonyl (C=O) groups is 1.